The van der Waals surface area contributed by atoms with E-state index >= 15 is 0 Å². The van der Waals surface area contributed by atoms with E-state index in [-0.39, 0.29) is 0 Å². The molecule has 0 aromatic carbocycles. The Morgan fingerprint density at radius 2 is 2.40 bits per heavy atom. The van der Waals surface area contributed by atoms with E-state index in [4.69, 9.17) is 5.21 Å². The van der Waals surface area contributed by atoms with Crippen LogP contribution in [0, 0.1) is 6.92 Å². The molecule has 54 valence electrons. The third-order valence-electron chi connectivity index (χ3n) is 1.17. The molecule has 5 heteroatoms. The van der Waals surface area contributed by atoms with Crippen LogP contribution in [0.25, 0.3) is 0 Å². The molecule has 1 N–H and O–H groups in total. The molecule has 1 rings (SSSR count). The second-order valence-corrected chi connectivity index (χ2v) is 1.89. The highest BCUT2D eigenvalue weighted by Crippen LogP contribution is 1.90. The highest BCUT2D eigenvalue weighted by molar-refractivity contribution is 5.73. The van der Waals surface area contributed by atoms with Crippen LogP contribution in [0.5, 0.6) is 0 Å². The summed E-state index contributed by atoms with van der Waals surface area (Å²) in [7, 11) is 1.77. The molecular weight excluding hydrogens is 132 g/mol. The summed E-state index contributed by atoms with van der Waals surface area (Å²) < 4.78 is 1.61. The van der Waals surface area contributed by atoms with E-state index in [9.17, 15) is 0 Å². The molecule has 0 fully saturated rings. The minimum Gasteiger partial charge on any atom is -0.411 e. The maximum absolute atomic E-state index is 8.10. The standard InChI is InChI=1S/C5H8N4O/c1-4-7-5(3-6-10)8-9(4)2/h3,10H,1-2H3/b6-3+. The van der Waals surface area contributed by atoms with E-state index in [2.05, 4.69) is 15.2 Å². The molecule has 1 aromatic heterocycles. The van der Waals surface area contributed by atoms with Crippen molar-refractivity contribution in [3.8, 4) is 0 Å². The van der Waals surface area contributed by atoms with Crippen molar-refractivity contribution in [2.24, 2.45) is 12.2 Å². The van der Waals surface area contributed by atoms with Crippen molar-refractivity contribution in [2.45, 2.75) is 6.92 Å². The first kappa shape index (κ1) is 6.73. The highest BCUT2D eigenvalue weighted by Gasteiger charge is 1.97. The minimum absolute atomic E-state index is 0.419. The second-order valence-electron chi connectivity index (χ2n) is 1.89. The lowest BCUT2D eigenvalue weighted by Crippen LogP contribution is -1.93. The van der Waals surface area contributed by atoms with Gasteiger partial charge in [-0.25, -0.2) is 4.98 Å². The van der Waals surface area contributed by atoms with Crippen molar-refractivity contribution < 1.29 is 5.21 Å². The molecule has 1 aromatic rings. The quantitative estimate of drug-likeness (QED) is 0.337. The monoisotopic (exact) mass is 140 g/mol. The van der Waals surface area contributed by atoms with Gasteiger partial charge in [0.25, 0.3) is 0 Å². The second kappa shape index (κ2) is 2.47. The molecule has 0 radical (unpaired) electrons. The number of rotatable bonds is 1. The average molecular weight is 140 g/mol. The van der Waals surface area contributed by atoms with Crippen LogP contribution in [0.15, 0.2) is 5.16 Å². The molecule has 0 atom stereocenters. The third-order valence-corrected chi connectivity index (χ3v) is 1.17. The summed E-state index contributed by atoms with van der Waals surface area (Å²) >= 11 is 0. The summed E-state index contributed by atoms with van der Waals surface area (Å²) in [6.45, 7) is 1.82. The molecular formula is C5H8N4O. The molecule has 0 bridgehead atoms. The molecule has 0 aliphatic heterocycles. The number of hydrogen-bond donors (Lipinski definition) is 1. The van der Waals surface area contributed by atoms with Gasteiger partial charge in [0.2, 0.25) is 0 Å². The van der Waals surface area contributed by atoms with Gasteiger partial charge in [0.15, 0.2) is 5.82 Å². The van der Waals surface area contributed by atoms with Crippen LogP contribution in [0.1, 0.15) is 11.6 Å². The van der Waals surface area contributed by atoms with Gasteiger partial charge in [0, 0.05) is 7.05 Å². The minimum atomic E-state index is 0.419. The summed E-state index contributed by atoms with van der Waals surface area (Å²) in [5.41, 5.74) is 0. The van der Waals surface area contributed by atoms with Crippen LogP contribution in [-0.2, 0) is 7.05 Å². The summed E-state index contributed by atoms with van der Waals surface area (Å²) in [6.07, 6.45) is 1.19. The van der Waals surface area contributed by atoms with E-state index < -0.39 is 0 Å². The lowest BCUT2D eigenvalue weighted by atomic mass is 10.7. The Bertz CT molecular complexity index is 233. The molecule has 0 aliphatic carbocycles. The van der Waals surface area contributed by atoms with Gasteiger partial charge in [0.1, 0.15) is 12.0 Å². The molecule has 0 unspecified atom stereocenters. The predicted molar refractivity (Wildman–Crippen MR) is 35.1 cm³/mol. The Balaban J connectivity index is 2.98. The Hall–Kier alpha value is -1.39. The van der Waals surface area contributed by atoms with Crippen LogP contribution in [-0.4, -0.2) is 26.2 Å². The van der Waals surface area contributed by atoms with Crippen molar-refractivity contribution in [1.29, 1.82) is 0 Å². The molecule has 0 saturated carbocycles. The van der Waals surface area contributed by atoms with Gasteiger partial charge in [-0.1, -0.05) is 5.16 Å². The van der Waals surface area contributed by atoms with Gasteiger partial charge >= 0.3 is 0 Å². The number of oxime groups is 1. The Morgan fingerprint density at radius 3 is 2.80 bits per heavy atom. The normalized spacial score (nSPS) is 11.0. The fourth-order valence-corrected chi connectivity index (χ4v) is 0.593. The third kappa shape index (κ3) is 1.12. The lowest BCUT2D eigenvalue weighted by molar-refractivity contribution is 0.321. The molecule has 5 nitrogen and oxygen atoms in total. The van der Waals surface area contributed by atoms with Gasteiger partial charge in [0.05, 0.1) is 0 Å². The number of nitrogens with zero attached hydrogens (tertiary/aromatic N) is 4. The Labute approximate surface area is 58.0 Å². The largest absolute Gasteiger partial charge is 0.411 e. The number of aryl methyl sites for hydroxylation is 2. The van der Waals surface area contributed by atoms with Crippen molar-refractivity contribution in [1.82, 2.24) is 14.8 Å². The maximum Gasteiger partial charge on any atom is 0.195 e. The van der Waals surface area contributed by atoms with E-state index in [0.29, 0.717) is 5.82 Å². The van der Waals surface area contributed by atoms with E-state index in [1.165, 1.54) is 6.21 Å². The highest BCUT2D eigenvalue weighted by atomic mass is 16.4. The zero-order valence-electron chi connectivity index (χ0n) is 5.81. The van der Waals surface area contributed by atoms with Gasteiger partial charge in [-0.15, -0.1) is 5.10 Å². The molecule has 1 heterocycles. The van der Waals surface area contributed by atoms with E-state index in [1.807, 2.05) is 6.92 Å². The Kier molecular flexibility index (Phi) is 1.66. The lowest BCUT2D eigenvalue weighted by Gasteiger charge is -1.84. The van der Waals surface area contributed by atoms with Gasteiger partial charge < -0.3 is 5.21 Å². The maximum atomic E-state index is 8.10. The molecule has 0 saturated heterocycles. The van der Waals surface area contributed by atoms with Crippen molar-refractivity contribution >= 4 is 6.21 Å². The molecule has 0 aliphatic rings. The summed E-state index contributed by atoms with van der Waals surface area (Å²) in [5.74, 6) is 1.21. The number of aromatic nitrogens is 3. The van der Waals surface area contributed by atoms with Crippen molar-refractivity contribution in [2.75, 3.05) is 0 Å². The Morgan fingerprint density at radius 1 is 1.70 bits per heavy atom. The molecule has 10 heavy (non-hydrogen) atoms. The van der Waals surface area contributed by atoms with Gasteiger partial charge in [-0.2, -0.15) is 0 Å². The van der Waals surface area contributed by atoms with Crippen LogP contribution in [0.2, 0.25) is 0 Å². The van der Waals surface area contributed by atoms with Gasteiger partial charge in [-0.05, 0) is 6.92 Å². The van der Waals surface area contributed by atoms with Gasteiger partial charge in [-0.3, -0.25) is 4.68 Å². The fraction of sp³-hybridized carbons (Fsp3) is 0.400. The van der Waals surface area contributed by atoms with E-state index in [1.54, 1.807) is 11.7 Å². The first-order chi connectivity index (χ1) is 4.74. The fourth-order valence-electron chi connectivity index (χ4n) is 0.593. The summed E-state index contributed by atoms with van der Waals surface area (Å²) in [4.78, 5) is 3.94. The zero-order chi connectivity index (χ0) is 7.56. The average Bonchev–Trinajstić information content (AvgIpc) is 2.14. The van der Waals surface area contributed by atoms with Crippen LogP contribution >= 0.6 is 0 Å². The smallest absolute Gasteiger partial charge is 0.195 e. The first-order valence-electron chi connectivity index (χ1n) is 2.79. The van der Waals surface area contributed by atoms with E-state index in [0.717, 1.165) is 5.82 Å². The predicted octanol–water partition coefficient (Wildman–Crippen LogP) is -0.0684. The van der Waals surface area contributed by atoms with Crippen molar-refractivity contribution in [3.63, 3.8) is 0 Å². The van der Waals surface area contributed by atoms with Crippen LogP contribution < -0.4 is 0 Å². The zero-order valence-corrected chi connectivity index (χ0v) is 5.81. The molecule has 0 spiro atoms. The summed E-state index contributed by atoms with van der Waals surface area (Å²) in [6, 6.07) is 0. The number of hydrogen-bond acceptors (Lipinski definition) is 4. The molecule has 0 amide bonds. The first-order valence-corrected chi connectivity index (χ1v) is 2.79. The SMILES string of the molecule is Cc1nc(/C=N/O)nn1C. The van der Waals surface area contributed by atoms with Crippen LogP contribution in [0.3, 0.4) is 0 Å². The van der Waals surface area contributed by atoms with Crippen LogP contribution in [0.4, 0.5) is 0 Å². The topological polar surface area (TPSA) is 63.3 Å². The van der Waals surface area contributed by atoms with Crippen molar-refractivity contribution in [3.05, 3.63) is 11.6 Å². The summed E-state index contributed by atoms with van der Waals surface area (Å²) in [5, 5.41) is 14.8.